The third kappa shape index (κ3) is 5.90. The van der Waals surface area contributed by atoms with Gasteiger partial charge in [-0.25, -0.2) is 8.42 Å². The van der Waals surface area contributed by atoms with Crippen LogP contribution in [-0.4, -0.2) is 44.7 Å². The first kappa shape index (κ1) is 22.8. The summed E-state index contributed by atoms with van der Waals surface area (Å²) in [5.41, 5.74) is 2.07. The molecule has 0 spiro atoms. The van der Waals surface area contributed by atoms with Crippen LogP contribution in [0.5, 0.6) is 5.75 Å². The highest BCUT2D eigenvalue weighted by molar-refractivity contribution is 7.90. The molecule has 1 aromatic heterocycles. The van der Waals surface area contributed by atoms with Crippen molar-refractivity contribution in [3.05, 3.63) is 93.5 Å². The Balaban J connectivity index is 1.41. The quantitative estimate of drug-likeness (QED) is 0.579. The van der Waals surface area contributed by atoms with Gasteiger partial charge in [0.25, 0.3) is 0 Å². The lowest BCUT2D eigenvalue weighted by molar-refractivity contribution is 0.0342. The summed E-state index contributed by atoms with van der Waals surface area (Å²) in [6.07, 6.45) is 1.06. The van der Waals surface area contributed by atoms with E-state index in [2.05, 4.69) is 28.9 Å². The Bertz CT molecular complexity index is 1330. The molecule has 0 aliphatic carbocycles. The predicted molar refractivity (Wildman–Crippen MR) is 122 cm³/mol. The molecule has 7 nitrogen and oxygen atoms in total. The van der Waals surface area contributed by atoms with E-state index in [1.54, 1.807) is 12.1 Å². The van der Waals surface area contributed by atoms with E-state index in [0.29, 0.717) is 5.56 Å². The number of aromatic hydroxyl groups is 1. The van der Waals surface area contributed by atoms with Crippen molar-refractivity contribution in [1.82, 2.24) is 4.90 Å². The minimum Gasteiger partial charge on any atom is -0.502 e. The third-order valence-corrected chi connectivity index (χ3v) is 6.91. The molecule has 33 heavy (non-hydrogen) atoms. The zero-order chi connectivity index (χ0) is 23.3. The van der Waals surface area contributed by atoms with Crippen LogP contribution in [0.15, 0.2) is 75.0 Å². The van der Waals surface area contributed by atoms with Gasteiger partial charge in [-0.2, -0.15) is 0 Å². The lowest BCUT2D eigenvalue weighted by Crippen LogP contribution is -2.35. The highest BCUT2D eigenvalue weighted by Gasteiger charge is 2.20. The van der Waals surface area contributed by atoms with Crippen molar-refractivity contribution in [2.45, 2.75) is 17.2 Å². The summed E-state index contributed by atoms with van der Waals surface area (Å²) in [6.45, 7) is 4.31. The molecule has 8 heteroatoms. The molecule has 0 amide bonds. The Kier molecular flexibility index (Phi) is 6.94. The summed E-state index contributed by atoms with van der Waals surface area (Å²) < 4.78 is 35.6. The molecule has 4 rings (SSSR count). The van der Waals surface area contributed by atoms with Crippen LogP contribution in [0.1, 0.15) is 22.5 Å². The zero-order valence-corrected chi connectivity index (χ0v) is 18.7. The molecule has 1 fully saturated rings. The van der Waals surface area contributed by atoms with Crippen LogP contribution < -0.4 is 5.43 Å². The van der Waals surface area contributed by atoms with Crippen LogP contribution >= 0.6 is 0 Å². The average molecular weight is 466 g/mol. The first-order valence-electron chi connectivity index (χ1n) is 10.4. The van der Waals surface area contributed by atoms with E-state index in [0.717, 1.165) is 50.7 Å². The van der Waals surface area contributed by atoms with Crippen molar-refractivity contribution in [3.63, 3.8) is 0 Å². The number of hydrogen-bond donors (Lipinski definition) is 1. The first-order valence-corrected chi connectivity index (χ1v) is 12.1. The van der Waals surface area contributed by atoms with Gasteiger partial charge in [0.05, 0.1) is 24.4 Å². The molecule has 0 atom stereocenters. The Morgan fingerprint density at radius 1 is 0.909 bits per heavy atom. The number of nitrogens with zero attached hydrogens (tertiary/aromatic N) is 1. The third-order valence-electron chi connectivity index (χ3n) is 5.28. The average Bonchev–Trinajstić information content (AvgIpc) is 2.82. The van der Waals surface area contributed by atoms with Gasteiger partial charge in [-0.05, 0) is 42.0 Å². The molecule has 0 unspecified atom stereocenters. The van der Waals surface area contributed by atoms with Gasteiger partial charge in [-0.1, -0.05) is 24.0 Å². The number of benzene rings is 2. The van der Waals surface area contributed by atoms with E-state index in [9.17, 15) is 18.3 Å². The summed E-state index contributed by atoms with van der Waals surface area (Å²) in [4.78, 5) is 13.9. The predicted octanol–water partition coefficient (Wildman–Crippen LogP) is 2.55. The van der Waals surface area contributed by atoms with Crippen LogP contribution in [0.2, 0.25) is 0 Å². The number of rotatable bonds is 5. The Hall–Kier alpha value is -3.38. The molecule has 1 N–H and O–H groups in total. The number of morpholine rings is 1. The fourth-order valence-corrected chi connectivity index (χ4v) is 4.68. The van der Waals surface area contributed by atoms with Crippen LogP contribution in [-0.2, 0) is 26.9 Å². The molecule has 0 saturated carbocycles. The van der Waals surface area contributed by atoms with Gasteiger partial charge in [0, 0.05) is 36.8 Å². The zero-order valence-electron chi connectivity index (χ0n) is 17.9. The Morgan fingerprint density at radius 3 is 2.15 bits per heavy atom. The van der Waals surface area contributed by atoms with Gasteiger partial charge in [-0.15, -0.1) is 0 Å². The van der Waals surface area contributed by atoms with Crippen molar-refractivity contribution < 1.29 is 22.7 Å². The second-order valence-electron chi connectivity index (χ2n) is 7.68. The van der Waals surface area contributed by atoms with Crippen molar-refractivity contribution in [2.24, 2.45) is 0 Å². The summed E-state index contributed by atoms with van der Waals surface area (Å²) in [5.74, 6) is 4.53. The van der Waals surface area contributed by atoms with Gasteiger partial charge >= 0.3 is 0 Å². The maximum absolute atomic E-state index is 12.6. The van der Waals surface area contributed by atoms with Gasteiger partial charge in [0.1, 0.15) is 5.75 Å². The minimum absolute atomic E-state index is 0.0476. The van der Waals surface area contributed by atoms with E-state index >= 15 is 0 Å². The van der Waals surface area contributed by atoms with E-state index in [-0.39, 0.29) is 10.7 Å². The lowest BCUT2D eigenvalue weighted by Gasteiger charge is -2.26. The van der Waals surface area contributed by atoms with E-state index in [1.807, 2.05) is 12.1 Å². The second-order valence-corrected chi connectivity index (χ2v) is 9.67. The van der Waals surface area contributed by atoms with Crippen molar-refractivity contribution in [3.8, 4) is 17.6 Å². The molecule has 1 aliphatic heterocycles. The largest absolute Gasteiger partial charge is 0.502 e. The number of ether oxygens (including phenoxy) is 1. The van der Waals surface area contributed by atoms with Gasteiger partial charge < -0.3 is 14.3 Å². The van der Waals surface area contributed by atoms with Gasteiger partial charge in [-0.3, -0.25) is 9.69 Å². The standard InChI is InChI=1S/C25H23NO6S/c27-23-11-14-32-24(25(23)28)18-33(29,30)22-9-7-20(8-10-22)2-1-19-3-5-21(6-4-19)17-26-12-15-31-16-13-26/h3-11,14,28H,12-13,15-18H2. The van der Waals surface area contributed by atoms with Crippen LogP contribution in [0.3, 0.4) is 0 Å². The highest BCUT2D eigenvalue weighted by atomic mass is 32.2. The second kappa shape index (κ2) is 10.0. The smallest absolute Gasteiger partial charge is 0.226 e. The van der Waals surface area contributed by atoms with Crippen LogP contribution in [0, 0.1) is 11.8 Å². The monoisotopic (exact) mass is 465 g/mol. The maximum atomic E-state index is 12.6. The molecule has 2 heterocycles. The summed E-state index contributed by atoms with van der Waals surface area (Å²) >= 11 is 0. The molecular weight excluding hydrogens is 442 g/mol. The fourth-order valence-electron chi connectivity index (χ4n) is 3.41. The van der Waals surface area contributed by atoms with Crippen LogP contribution in [0.4, 0.5) is 0 Å². The van der Waals surface area contributed by atoms with E-state index < -0.39 is 26.8 Å². The summed E-state index contributed by atoms with van der Waals surface area (Å²) in [7, 11) is -3.81. The molecule has 2 aromatic carbocycles. The van der Waals surface area contributed by atoms with Gasteiger partial charge in [0.2, 0.25) is 11.2 Å². The lowest BCUT2D eigenvalue weighted by atomic mass is 10.1. The topological polar surface area (TPSA) is 97.0 Å². The van der Waals surface area contributed by atoms with E-state index in [1.165, 1.54) is 17.7 Å². The Morgan fingerprint density at radius 2 is 1.52 bits per heavy atom. The number of hydrogen-bond acceptors (Lipinski definition) is 7. The normalized spacial score (nSPS) is 14.4. The van der Waals surface area contributed by atoms with Crippen molar-refractivity contribution in [1.29, 1.82) is 0 Å². The SMILES string of the molecule is O=c1ccoc(CS(=O)(=O)c2ccc(C#Cc3ccc(CN4CCOCC4)cc3)cc2)c1O. The molecule has 1 aliphatic rings. The van der Waals surface area contributed by atoms with Crippen molar-refractivity contribution >= 4 is 9.84 Å². The minimum atomic E-state index is -3.81. The summed E-state index contributed by atoms with van der Waals surface area (Å²) in [5, 5.41) is 9.73. The molecule has 1 saturated heterocycles. The van der Waals surface area contributed by atoms with E-state index in [4.69, 9.17) is 9.15 Å². The van der Waals surface area contributed by atoms with Crippen molar-refractivity contribution in [2.75, 3.05) is 26.3 Å². The highest BCUT2D eigenvalue weighted by Crippen LogP contribution is 2.20. The molecule has 0 bridgehead atoms. The Labute approximate surface area is 192 Å². The molecule has 3 aromatic rings. The molecule has 170 valence electrons. The van der Waals surface area contributed by atoms with Crippen LogP contribution in [0.25, 0.3) is 0 Å². The summed E-state index contributed by atoms with van der Waals surface area (Å²) in [6, 6.07) is 15.2. The number of sulfone groups is 1. The first-order chi connectivity index (χ1) is 15.9. The molecular formula is C25H23NO6S. The fraction of sp³-hybridized carbons (Fsp3) is 0.240. The van der Waals surface area contributed by atoms with Gasteiger partial charge in [0.15, 0.2) is 15.6 Å². The maximum Gasteiger partial charge on any atom is 0.226 e. The molecule has 0 radical (unpaired) electrons.